The highest BCUT2D eigenvalue weighted by atomic mass is 28.3. The van der Waals surface area contributed by atoms with E-state index in [0.29, 0.717) is 0 Å². The van der Waals surface area contributed by atoms with Gasteiger partial charge in [0, 0.05) is 0 Å². The van der Waals surface area contributed by atoms with Crippen molar-refractivity contribution < 1.29 is 0 Å². The molecule has 4 aromatic rings. The summed E-state index contributed by atoms with van der Waals surface area (Å²) in [4.78, 5) is 0. The highest BCUT2D eigenvalue weighted by molar-refractivity contribution is 7.13. The molecular formula is C28H24Si2. The maximum Gasteiger partial charge on any atom is 0.119 e. The van der Waals surface area contributed by atoms with E-state index < -0.39 is 16.1 Å². The van der Waals surface area contributed by atoms with Gasteiger partial charge in [-0.1, -0.05) is 121 Å². The largest absolute Gasteiger partial charge is 0.119 e. The molecule has 0 amide bonds. The van der Waals surface area contributed by atoms with E-state index >= 15 is 0 Å². The Labute approximate surface area is 180 Å². The second kappa shape index (κ2) is 5.93. The molecule has 3 heterocycles. The van der Waals surface area contributed by atoms with Crippen LogP contribution in [0.2, 0.25) is 24.2 Å². The van der Waals surface area contributed by atoms with Gasteiger partial charge in [0.05, 0.1) is 0 Å². The van der Waals surface area contributed by atoms with Gasteiger partial charge in [0.15, 0.2) is 0 Å². The van der Waals surface area contributed by atoms with Crippen LogP contribution in [-0.4, -0.2) is 16.1 Å². The zero-order chi connectivity index (χ0) is 19.8. The van der Waals surface area contributed by atoms with Crippen LogP contribution in [0.3, 0.4) is 0 Å². The normalized spacial score (nSPS) is 18.7. The summed E-state index contributed by atoms with van der Waals surface area (Å²) in [7, 11) is -3.32. The molecule has 7 rings (SSSR count). The predicted octanol–water partition coefficient (Wildman–Crippen LogP) is 4.49. The zero-order valence-corrected chi connectivity index (χ0v) is 19.1. The fourth-order valence-corrected chi connectivity index (χ4v) is 21.7. The summed E-state index contributed by atoms with van der Waals surface area (Å²) in [5.41, 5.74) is 6.13. The van der Waals surface area contributed by atoms with Crippen LogP contribution in [-0.2, 0) is 0 Å². The maximum absolute atomic E-state index is 2.47. The van der Waals surface area contributed by atoms with E-state index in [0.717, 1.165) is 0 Å². The maximum atomic E-state index is 2.47. The van der Waals surface area contributed by atoms with E-state index in [-0.39, 0.29) is 0 Å². The average molecular weight is 417 g/mol. The third-order valence-electron chi connectivity index (χ3n) is 8.31. The molecule has 2 heteroatoms. The van der Waals surface area contributed by atoms with Crippen LogP contribution in [0.1, 0.15) is 0 Å². The van der Waals surface area contributed by atoms with Crippen LogP contribution >= 0.6 is 0 Å². The summed E-state index contributed by atoms with van der Waals surface area (Å²) in [5, 5.41) is 6.87. The van der Waals surface area contributed by atoms with Crippen molar-refractivity contribution in [2.24, 2.45) is 0 Å². The molecule has 4 aromatic carbocycles. The number of benzene rings is 4. The molecule has 30 heavy (non-hydrogen) atoms. The first-order valence-corrected chi connectivity index (χ1v) is 16.1. The van der Waals surface area contributed by atoms with E-state index in [4.69, 9.17) is 0 Å². The second-order valence-corrected chi connectivity index (χ2v) is 17.8. The standard InChI is InChI=1S/C28H24Si2/c1-5-13-25-21(9-1)22-10-2-6-14-26(22)29(25)17-19-30(20-18-29)27-15-7-3-11-23(27)24-12-4-8-16-28(24)30/h1-16H,17-20H2. The summed E-state index contributed by atoms with van der Waals surface area (Å²) in [6.07, 6.45) is 0. The van der Waals surface area contributed by atoms with Gasteiger partial charge < -0.3 is 0 Å². The molecule has 0 aromatic heterocycles. The first-order chi connectivity index (χ1) is 14.8. The lowest BCUT2D eigenvalue weighted by atomic mass is 10.1. The number of hydrogen-bond donors (Lipinski definition) is 0. The van der Waals surface area contributed by atoms with Gasteiger partial charge in [0.1, 0.15) is 16.1 Å². The van der Waals surface area contributed by atoms with Crippen molar-refractivity contribution in [2.75, 3.05) is 0 Å². The first-order valence-electron chi connectivity index (χ1n) is 11.2. The molecule has 0 radical (unpaired) electrons. The average Bonchev–Trinajstić information content (AvgIpc) is 3.25. The molecule has 2 spiro atoms. The Morgan fingerprint density at radius 1 is 0.333 bits per heavy atom. The van der Waals surface area contributed by atoms with Gasteiger partial charge >= 0.3 is 0 Å². The summed E-state index contributed by atoms with van der Waals surface area (Å²) in [6.45, 7) is 0. The molecule has 0 atom stereocenters. The zero-order valence-electron chi connectivity index (χ0n) is 17.1. The third-order valence-corrected chi connectivity index (χ3v) is 19.6. The van der Waals surface area contributed by atoms with Gasteiger partial charge in [-0.05, 0) is 43.0 Å². The van der Waals surface area contributed by atoms with Crippen LogP contribution < -0.4 is 20.7 Å². The number of fused-ring (bicyclic) bond motifs is 10. The molecule has 0 unspecified atom stereocenters. The van der Waals surface area contributed by atoms with Crippen LogP contribution in [0, 0.1) is 0 Å². The van der Waals surface area contributed by atoms with E-state index in [1.165, 1.54) is 46.4 Å². The van der Waals surface area contributed by atoms with Crippen molar-refractivity contribution in [3.63, 3.8) is 0 Å². The van der Waals surface area contributed by atoms with Crippen LogP contribution in [0.5, 0.6) is 0 Å². The Morgan fingerprint density at radius 2 is 0.567 bits per heavy atom. The molecule has 144 valence electrons. The first kappa shape index (κ1) is 17.0. The Morgan fingerprint density at radius 3 is 0.833 bits per heavy atom. The third kappa shape index (κ3) is 1.96. The minimum absolute atomic E-state index is 1.41. The van der Waals surface area contributed by atoms with Crippen molar-refractivity contribution in [1.82, 2.24) is 0 Å². The molecule has 0 bridgehead atoms. The molecule has 0 N–H and O–H groups in total. The van der Waals surface area contributed by atoms with Crippen molar-refractivity contribution in [1.29, 1.82) is 0 Å². The number of hydrogen-bond acceptors (Lipinski definition) is 0. The quantitative estimate of drug-likeness (QED) is 0.371. The van der Waals surface area contributed by atoms with Gasteiger partial charge in [-0.15, -0.1) is 0 Å². The fraction of sp³-hybridized carbons (Fsp3) is 0.143. The highest BCUT2D eigenvalue weighted by Gasteiger charge is 2.55. The van der Waals surface area contributed by atoms with E-state index in [1.807, 2.05) is 0 Å². The van der Waals surface area contributed by atoms with Crippen molar-refractivity contribution >= 4 is 36.9 Å². The molecule has 1 saturated heterocycles. The predicted molar refractivity (Wildman–Crippen MR) is 133 cm³/mol. The molecule has 0 aliphatic carbocycles. The summed E-state index contributed by atoms with van der Waals surface area (Å²) < 4.78 is 0. The van der Waals surface area contributed by atoms with Gasteiger partial charge in [0.25, 0.3) is 0 Å². The van der Waals surface area contributed by atoms with Crippen molar-refractivity contribution in [3.05, 3.63) is 97.1 Å². The monoisotopic (exact) mass is 416 g/mol. The fourth-order valence-electron chi connectivity index (χ4n) is 7.01. The molecule has 3 aliphatic heterocycles. The summed E-state index contributed by atoms with van der Waals surface area (Å²) in [5.74, 6) is 0. The SMILES string of the molecule is c1ccc2c(c1)-c1ccccc1[Si]21CC[Si]2(CC1)c1ccccc1-c1ccccc12. The molecular weight excluding hydrogens is 392 g/mol. The van der Waals surface area contributed by atoms with Gasteiger partial charge in [-0.3, -0.25) is 0 Å². The molecule has 0 saturated carbocycles. The smallest absolute Gasteiger partial charge is 0.0623 e. The van der Waals surface area contributed by atoms with E-state index in [9.17, 15) is 0 Å². The Kier molecular flexibility index (Phi) is 3.37. The minimum Gasteiger partial charge on any atom is -0.0623 e. The van der Waals surface area contributed by atoms with Crippen LogP contribution in [0.25, 0.3) is 22.3 Å². The van der Waals surface area contributed by atoms with Gasteiger partial charge in [-0.25, -0.2) is 0 Å². The Bertz CT molecular complexity index is 1110. The van der Waals surface area contributed by atoms with Gasteiger partial charge in [0.2, 0.25) is 0 Å². The Balaban J connectivity index is 1.40. The second-order valence-electron chi connectivity index (χ2n) is 9.35. The van der Waals surface area contributed by atoms with E-state index in [1.54, 1.807) is 20.7 Å². The lowest BCUT2D eigenvalue weighted by Gasteiger charge is -2.43. The van der Waals surface area contributed by atoms with Gasteiger partial charge in [-0.2, -0.15) is 0 Å². The van der Waals surface area contributed by atoms with Crippen molar-refractivity contribution in [2.45, 2.75) is 24.2 Å². The lowest BCUT2D eigenvalue weighted by Crippen LogP contribution is -2.65. The number of rotatable bonds is 0. The summed E-state index contributed by atoms with van der Waals surface area (Å²) in [6, 6.07) is 43.0. The van der Waals surface area contributed by atoms with E-state index in [2.05, 4.69) is 97.1 Å². The Hall–Kier alpha value is -2.69. The summed E-state index contributed by atoms with van der Waals surface area (Å²) >= 11 is 0. The van der Waals surface area contributed by atoms with Crippen LogP contribution in [0.4, 0.5) is 0 Å². The molecule has 0 nitrogen and oxygen atoms in total. The van der Waals surface area contributed by atoms with Crippen LogP contribution in [0.15, 0.2) is 97.1 Å². The minimum atomic E-state index is -1.66. The lowest BCUT2D eigenvalue weighted by molar-refractivity contribution is 1.16. The van der Waals surface area contributed by atoms with Crippen molar-refractivity contribution in [3.8, 4) is 22.3 Å². The highest BCUT2D eigenvalue weighted by Crippen LogP contribution is 2.44. The topological polar surface area (TPSA) is 0 Å². The molecule has 3 aliphatic rings. The molecule has 1 fully saturated rings.